The summed E-state index contributed by atoms with van der Waals surface area (Å²) in [6.07, 6.45) is 5.14. The summed E-state index contributed by atoms with van der Waals surface area (Å²) >= 11 is 0. The molecule has 1 saturated carbocycles. The second kappa shape index (κ2) is 5.71. The van der Waals surface area contributed by atoms with E-state index in [9.17, 15) is 4.79 Å². The van der Waals surface area contributed by atoms with Crippen molar-refractivity contribution in [1.29, 1.82) is 0 Å². The first kappa shape index (κ1) is 12.0. The average Bonchev–Trinajstić information content (AvgIpc) is 2.89. The molecule has 3 nitrogen and oxygen atoms in total. The molecule has 1 amide bonds. The third-order valence-electron chi connectivity index (χ3n) is 3.47. The molecule has 0 aromatic heterocycles. The lowest BCUT2D eigenvalue weighted by Crippen LogP contribution is -2.28. The van der Waals surface area contributed by atoms with Gasteiger partial charge in [-0.3, -0.25) is 4.79 Å². The molecule has 1 aromatic rings. The normalized spacial score (nSPS) is 15.8. The van der Waals surface area contributed by atoms with Gasteiger partial charge in [-0.15, -0.1) is 0 Å². The lowest BCUT2D eigenvalue weighted by Gasteiger charge is -2.12. The van der Waals surface area contributed by atoms with Gasteiger partial charge in [-0.2, -0.15) is 0 Å². The molecule has 0 spiro atoms. The molecule has 2 N–H and O–H groups in total. The molecule has 17 heavy (non-hydrogen) atoms. The minimum absolute atomic E-state index is 0.0295. The highest BCUT2D eigenvalue weighted by Gasteiger charge is 2.16. The molecule has 0 atom stereocenters. The highest BCUT2D eigenvalue weighted by Crippen LogP contribution is 2.24. The van der Waals surface area contributed by atoms with Crippen LogP contribution in [-0.2, 0) is 0 Å². The molecule has 0 bridgehead atoms. The van der Waals surface area contributed by atoms with Crippen molar-refractivity contribution in [2.45, 2.75) is 25.7 Å². The second-order valence-corrected chi connectivity index (χ2v) is 4.66. The predicted molar refractivity (Wildman–Crippen MR) is 70.3 cm³/mol. The van der Waals surface area contributed by atoms with Crippen molar-refractivity contribution in [1.82, 2.24) is 5.32 Å². The van der Waals surface area contributed by atoms with Crippen LogP contribution in [0.15, 0.2) is 24.3 Å². The predicted octanol–water partition coefficient (Wildman–Crippen LogP) is 2.65. The fourth-order valence-corrected chi connectivity index (χ4v) is 2.45. The van der Waals surface area contributed by atoms with Crippen molar-refractivity contribution in [3.8, 4) is 0 Å². The Kier molecular flexibility index (Phi) is 4.02. The van der Waals surface area contributed by atoms with E-state index in [1.165, 1.54) is 25.7 Å². The number of carbonyl (C=O) groups excluding carboxylic acids is 1. The van der Waals surface area contributed by atoms with Crippen LogP contribution in [0.1, 0.15) is 36.0 Å². The molecular weight excluding hydrogens is 212 g/mol. The van der Waals surface area contributed by atoms with E-state index in [1.54, 1.807) is 0 Å². The first-order chi connectivity index (χ1) is 8.31. The molecule has 1 aliphatic rings. The maximum atomic E-state index is 12.0. The monoisotopic (exact) mass is 232 g/mol. The SMILES string of the molecule is CNc1ccccc1C(=O)NCC1CCCC1. The van der Waals surface area contributed by atoms with E-state index in [0.29, 0.717) is 5.92 Å². The number of rotatable bonds is 4. The van der Waals surface area contributed by atoms with Crippen molar-refractivity contribution < 1.29 is 4.79 Å². The number of amides is 1. The zero-order chi connectivity index (χ0) is 12.1. The molecule has 2 rings (SSSR count). The van der Waals surface area contributed by atoms with Crippen molar-refractivity contribution in [2.24, 2.45) is 5.92 Å². The van der Waals surface area contributed by atoms with Crippen molar-refractivity contribution >= 4 is 11.6 Å². The molecule has 3 heteroatoms. The topological polar surface area (TPSA) is 41.1 Å². The summed E-state index contributed by atoms with van der Waals surface area (Å²) in [6, 6.07) is 7.60. The lowest BCUT2D eigenvalue weighted by atomic mass is 10.1. The Morgan fingerprint density at radius 1 is 1.29 bits per heavy atom. The molecule has 1 fully saturated rings. The van der Waals surface area contributed by atoms with Gasteiger partial charge in [0, 0.05) is 19.3 Å². The molecule has 1 aromatic carbocycles. The zero-order valence-corrected chi connectivity index (χ0v) is 10.3. The number of benzene rings is 1. The van der Waals surface area contributed by atoms with Crippen molar-refractivity contribution in [2.75, 3.05) is 18.9 Å². The van der Waals surface area contributed by atoms with Crippen LogP contribution in [0.2, 0.25) is 0 Å². The first-order valence-corrected chi connectivity index (χ1v) is 6.36. The number of carbonyl (C=O) groups is 1. The summed E-state index contributed by atoms with van der Waals surface area (Å²) < 4.78 is 0. The van der Waals surface area contributed by atoms with E-state index in [2.05, 4.69) is 10.6 Å². The van der Waals surface area contributed by atoms with Crippen LogP contribution in [0.3, 0.4) is 0 Å². The number of hydrogen-bond acceptors (Lipinski definition) is 2. The molecule has 0 saturated heterocycles. The smallest absolute Gasteiger partial charge is 0.253 e. The minimum atomic E-state index is 0.0295. The summed E-state index contributed by atoms with van der Waals surface area (Å²) in [5.74, 6) is 0.711. The largest absolute Gasteiger partial charge is 0.387 e. The molecule has 1 aliphatic carbocycles. The van der Waals surface area contributed by atoms with Crippen LogP contribution < -0.4 is 10.6 Å². The number of hydrogen-bond donors (Lipinski definition) is 2. The van der Waals surface area contributed by atoms with Crippen molar-refractivity contribution in [3.63, 3.8) is 0 Å². The lowest BCUT2D eigenvalue weighted by molar-refractivity contribution is 0.0948. The van der Waals surface area contributed by atoms with Gasteiger partial charge < -0.3 is 10.6 Å². The molecule has 0 heterocycles. The van der Waals surface area contributed by atoms with Crippen LogP contribution >= 0.6 is 0 Å². The van der Waals surface area contributed by atoms with Gasteiger partial charge in [0.05, 0.1) is 5.56 Å². The van der Waals surface area contributed by atoms with E-state index in [-0.39, 0.29) is 5.91 Å². The van der Waals surface area contributed by atoms with Crippen LogP contribution in [-0.4, -0.2) is 19.5 Å². The van der Waals surface area contributed by atoms with Crippen LogP contribution in [0, 0.1) is 5.92 Å². The summed E-state index contributed by atoms with van der Waals surface area (Å²) in [5.41, 5.74) is 1.62. The van der Waals surface area contributed by atoms with Gasteiger partial charge in [0.2, 0.25) is 0 Å². The van der Waals surface area contributed by atoms with Gasteiger partial charge in [0.15, 0.2) is 0 Å². The first-order valence-electron chi connectivity index (χ1n) is 6.36. The maximum Gasteiger partial charge on any atom is 0.253 e. The molecular formula is C14H20N2O. The number of nitrogens with one attached hydrogen (secondary N) is 2. The third kappa shape index (κ3) is 2.99. The molecule has 92 valence electrons. The fraction of sp³-hybridized carbons (Fsp3) is 0.500. The van der Waals surface area contributed by atoms with Crippen LogP contribution in [0.4, 0.5) is 5.69 Å². The highest BCUT2D eigenvalue weighted by molar-refractivity contribution is 5.99. The zero-order valence-electron chi connectivity index (χ0n) is 10.3. The summed E-state index contributed by atoms with van der Waals surface area (Å²) in [5, 5.41) is 6.08. The summed E-state index contributed by atoms with van der Waals surface area (Å²) in [7, 11) is 1.84. The standard InChI is InChI=1S/C14H20N2O/c1-15-13-9-5-4-8-12(13)14(17)16-10-11-6-2-3-7-11/h4-5,8-9,11,15H,2-3,6-7,10H2,1H3,(H,16,17). The maximum absolute atomic E-state index is 12.0. The quantitative estimate of drug-likeness (QED) is 0.838. The Hall–Kier alpha value is -1.51. The molecule has 0 unspecified atom stereocenters. The fourth-order valence-electron chi connectivity index (χ4n) is 2.45. The minimum Gasteiger partial charge on any atom is -0.387 e. The van der Waals surface area contributed by atoms with Crippen molar-refractivity contribution in [3.05, 3.63) is 29.8 Å². The average molecular weight is 232 g/mol. The third-order valence-corrected chi connectivity index (χ3v) is 3.47. The Bertz CT molecular complexity index is 384. The van der Waals surface area contributed by atoms with E-state index >= 15 is 0 Å². The van der Waals surface area contributed by atoms with E-state index in [1.807, 2.05) is 31.3 Å². The van der Waals surface area contributed by atoms with Crippen LogP contribution in [0.25, 0.3) is 0 Å². The Morgan fingerprint density at radius 2 is 2.00 bits per heavy atom. The van der Waals surface area contributed by atoms with Gasteiger partial charge in [0.1, 0.15) is 0 Å². The Labute approximate surface area is 103 Å². The van der Waals surface area contributed by atoms with Gasteiger partial charge in [-0.25, -0.2) is 0 Å². The number of para-hydroxylation sites is 1. The number of anilines is 1. The Morgan fingerprint density at radius 3 is 2.71 bits per heavy atom. The Balaban J connectivity index is 1.94. The van der Waals surface area contributed by atoms with Gasteiger partial charge in [-0.05, 0) is 30.9 Å². The highest BCUT2D eigenvalue weighted by atomic mass is 16.1. The van der Waals surface area contributed by atoms with Gasteiger partial charge in [-0.1, -0.05) is 25.0 Å². The van der Waals surface area contributed by atoms with Crippen LogP contribution in [0.5, 0.6) is 0 Å². The van der Waals surface area contributed by atoms with Gasteiger partial charge in [0.25, 0.3) is 5.91 Å². The molecule has 0 aliphatic heterocycles. The summed E-state index contributed by atoms with van der Waals surface area (Å²) in [6.45, 7) is 0.816. The van der Waals surface area contributed by atoms with E-state index < -0.39 is 0 Å². The molecule has 0 radical (unpaired) electrons. The summed E-state index contributed by atoms with van der Waals surface area (Å²) in [4.78, 5) is 12.0. The second-order valence-electron chi connectivity index (χ2n) is 4.66. The van der Waals surface area contributed by atoms with Gasteiger partial charge >= 0.3 is 0 Å². The van der Waals surface area contributed by atoms with E-state index in [0.717, 1.165) is 17.8 Å². The van der Waals surface area contributed by atoms with E-state index in [4.69, 9.17) is 0 Å².